The lowest BCUT2D eigenvalue weighted by Gasteiger charge is -2.22. The minimum Gasteiger partial charge on any atom is -0.493 e. The molecule has 3 aromatic carbocycles. The van der Waals surface area contributed by atoms with Crippen molar-refractivity contribution in [2.45, 2.75) is 0 Å². The number of nitrogens with one attached hydrogen (secondary N) is 1. The van der Waals surface area contributed by atoms with E-state index in [0.29, 0.717) is 34.4 Å². The maximum Gasteiger partial charge on any atom is 0.245 e. The van der Waals surface area contributed by atoms with Crippen LogP contribution in [0.3, 0.4) is 0 Å². The van der Waals surface area contributed by atoms with Crippen molar-refractivity contribution in [2.24, 2.45) is 0 Å². The number of carbonyl (C=O) groups excluding carboxylic acids is 1. The van der Waals surface area contributed by atoms with Crippen LogP contribution in [0, 0.1) is 0 Å². The van der Waals surface area contributed by atoms with Crippen molar-refractivity contribution in [1.29, 1.82) is 0 Å². The summed E-state index contributed by atoms with van der Waals surface area (Å²) in [7, 11) is -0.717. The van der Waals surface area contributed by atoms with Crippen LogP contribution in [-0.2, 0) is 14.8 Å². The summed E-state index contributed by atoms with van der Waals surface area (Å²) in [6.45, 7) is -0.397. The first-order chi connectivity index (χ1) is 15.3. The number of para-hydroxylation sites is 1. The maximum atomic E-state index is 12.6. The van der Waals surface area contributed by atoms with Crippen molar-refractivity contribution in [3.63, 3.8) is 0 Å². The second-order valence-corrected chi connectivity index (χ2v) is 8.70. The Morgan fingerprint density at radius 1 is 0.875 bits per heavy atom. The third-order valence-electron chi connectivity index (χ3n) is 4.46. The molecule has 0 atom stereocenters. The zero-order valence-electron chi connectivity index (χ0n) is 17.9. The van der Waals surface area contributed by atoms with Crippen LogP contribution in [0.4, 0.5) is 11.4 Å². The van der Waals surface area contributed by atoms with Gasteiger partial charge in [-0.05, 0) is 48.5 Å². The number of nitrogens with zero attached hydrogens (tertiary/aromatic N) is 1. The van der Waals surface area contributed by atoms with Gasteiger partial charge in [-0.25, -0.2) is 8.42 Å². The highest BCUT2D eigenvalue weighted by Gasteiger charge is 2.21. The number of anilines is 2. The largest absolute Gasteiger partial charge is 0.493 e. The lowest BCUT2D eigenvalue weighted by atomic mass is 10.2. The summed E-state index contributed by atoms with van der Waals surface area (Å²) in [5.41, 5.74) is 0.795. The van der Waals surface area contributed by atoms with Gasteiger partial charge in [0.25, 0.3) is 0 Å². The Bertz CT molecular complexity index is 1160. The van der Waals surface area contributed by atoms with E-state index in [0.717, 1.165) is 10.6 Å². The number of sulfonamides is 1. The van der Waals surface area contributed by atoms with Crippen molar-refractivity contribution >= 4 is 27.3 Å². The number of hydrogen-bond acceptors (Lipinski definition) is 6. The van der Waals surface area contributed by atoms with E-state index in [1.807, 2.05) is 30.3 Å². The Morgan fingerprint density at radius 2 is 1.50 bits per heavy atom. The smallest absolute Gasteiger partial charge is 0.245 e. The summed E-state index contributed by atoms with van der Waals surface area (Å²) in [5, 5.41) is 2.68. The summed E-state index contributed by atoms with van der Waals surface area (Å²) >= 11 is 0. The Kier molecular flexibility index (Phi) is 7.21. The molecule has 1 N–H and O–H groups in total. The molecule has 9 heteroatoms. The Balaban J connectivity index is 1.73. The van der Waals surface area contributed by atoms with Crippen molar-refractivity contribution in [2.75, 3.05) is 36.6 Å². The molecule has 0 aliphatic rings. The molecule has 32 heavy (non-hydrogen) atoms. The van der Waals surface area contributed by atoms with E-state index in [1.165, 1.54) is 14.2 Å². The first kappa shape index (κ1) is 23.0. The predicted molar refractivity (Wildman–Crippen MR) is 123 cm³/mol. The molecule has 1 amide bonds. The van der Waals surface area contributed by atoms with E-state index in [1.54, 1.807) is 42.5 Å². The van der Waals surface area contributed by atoms with Crippen LogP contribution in [0.1, 0.15) is 0 Å². The van der Waals surface area contributed by atoms with Gasteiger partial charge in [-0.15, -0.1) is 0 Å². The molecule has 0 saturated heterocycles. The average Bonchev–Trinajstić information content (AvgIpc) is 2.78. The first-order valence-electron chi connectivity index (χ1n) is 9.62. The van der Waals surface area contributed by atoms with E-state index in [-0.39, 0.29) is 0 Å². The Labute approximate surface area is 187 Å². The second-order valence-electron chi connectivity index (χ2n) is 6.80. The number of carbonyl (C=O) groups is 1. The van der Waals surface area contributed by atoms with E-state index < -0.39 is 22.5 Å². The SMILES string of the molecule is COc1ccc(NC(=O)CN(c2ccc(Oc3ccccc3)cc2)S(C)(=O)=O)cc1OC. The van der Waals surface area contributed by atoms with E-state index in [2.05, 4.69) is 5.32 Å². The quantitative estimate of drug-likeness (QED) is 0.525. The van der Waals surface area contributed by atoms with Gasteiger partial charge in [0.2, 0.25) is 15.9 Å². The fraction of sp³-hybridized carbons (Fsp3) is 0.174. The van der Waals surface area contributed by atoms with Crippen LogP contribution in [0.15, 0.2) is 72.8 Å². The summed E-state index contributed by atoms with van der Waals surface area (Å²) in [6, 6.07) is 20.6. The van der Waals surface area contributed by atoms with Crippen molar-refractivity contribution in [1.82, 2.24) is 0 Å². The van der Waals surface area contributed by atoms with Crippen LogP contribution in [0.25, 0.3) is 0 Å². The highest BCUT2D eigenvalue weighted by molar-refractivity contribution is 7.92. The van der Waals surface area contributed by atoms with E-state index in [4.69, 9.17) is 14.2 Å². The molecule has 0 spiro atoms. The molecule has 168 valence electrons. The molecule has 0 aliphatic heterocycles. The summed E-state index contributed by atoms with van der Waals surface area (Å²) in [6.07, 6.45) is 1.05. The van der Waals surface area contributed by atoms with Gasteiger partial charge in [-0.2, -0.15) is 0 Å². The van der Waals surface area contributed by atoms with E-state index in [9.17, 15) is 13.2 Å². The highest BCUT2D eigenvalue weighted by Crippen LogP contribution is 2.30. The number of amides is 1. The molecule has 0 fully saturated rings. The highest BCUT2D eigenvalue weighted by atomic mass is 32.2. The first-order valence-corrected chi connectivity index (χ1v) is 11.5. The van der Waals surface area contributed by atoms with Crippen molar-refractivity contribution < 1.29 is 27.4 Å². The third kappa shape index (κ3) is 5.92. The standard InChI is InChI=1S/C23H24N2O6S/c1-29-21-14-9-17(15-22(21)30-2)24-23(26)16-25(32(3,27)28)18-10-12-20(13-11-18)31-19-7-5-4-6-8-19/h4-15H,16H2,1-3H3,(H,24,26). The normalized spacial score (nSPS) is 10.8. The van der Waals surface area contributed by atoms with Crippen LogP contribution < -0.4 is 23.8 Å². The monoisotopic (exact) mass is 456 g/mol. The number of hydrogen-bond donors (Lipinski definition) is 1. The number of benzene rings is 3. The van der Waals surface area contributed by atoms with Crippen molar-refractivity contribution in [3.05, 3.63) is 72.8 Å². The molecule has 0 unspecified atom stereocenters. The van der Waals surface area contributed by atoms with Gasteiger partial charge in [0.1, 0.15) is 18.0 Å². The van der Waals surface area contributed by atoms with Gasteiger partial charge in [0.05, 0.1) is 26.2 Å². The van der Waals surface area contributed by atoms with Gasteiger partial charge < -0.3 is 19.5 Å². The van der Waals surface area contributed by atoms with Crippen LogP contribution in [0.5, 0.6) is 23.0 Å². The fourth-order valence-electron chi connectivity index (χ4n) is 2.95. The van der Waals surface area contributed by atoms with Gasteiger partial charge in [0, 0.05) is 11.8 Å². The Hall–Kier alpha value is -3.72. The molecule has 0 saturated carbocycles. The molecule has 3 aromatic rings. The molecular formula is C23H24N2O6S. The maximum absolute atomic E-state index is 12.6. The molecule has 0 radical (unpaired) electrons. The van der Waals surface area contributed by atoms with Crippen molar-refractivity contribution in [3.8, 4) is 23.0 Å². The Morgan fingerprint density at radius 3 is 2.09 bits per heavy atom. The minimum absolute atomic E-state index is 0.343. The number of methoxy groups -OCH3 is 2. The molecule has 0 aromatic heterocycles. The van der Waals surface area contributed by atoms with Gasteiger partial charge >= 0.3 is 0 Å². The molecule has 0 heterocycles. The zero-order chi connectivity index (χ0) is 23.1. The number of ether oxygens (including phenoxy) is 3. The van der Waals surface area contributed by atoms with Crippen LogP contribution in [-0.4, -0.2) is 41.3 Å². The average molecular weight is 457 g/mol. The van der Waals surface area contributed by atoms with E-state index >= 15 is 0 Å². The second kappa shape index (κ2) is 10.1. The number of rotatable bonds is 9. The summed E-state index contributed by atoms with van der Waals surface area (Å²) in [5.74, 6) is 1.66. The summed E-state index contributed by atoms with van der Waals surface area (Å²) < 4.78 is 41.9. The zero-order valence-corrected chi connectivity index (χ0v) is 18.8. The molecular weight excluding hydrogens is 432 g/mol. The third-order valence-corrected chi connectivity index (χ3v) is 5.60. The van der Waals surface area contributed by atoms with Gasteiger partial charge in [-0.3, -0.25) is 9.10 Å². The van der Waals surface area contributed by atoms with Gasteiger partial charge in [0.15, 0.2) is 11.5 Å². The molecule has 0 aliphatic carbocycles. The van der Waals surface area contributed by atoms with Gasteiger partial charge in [-0.1, -0.05) is 18.2 Å². The summed E-state index contributed by atoms with van der Waals surface area (Å²) in [4.78, 5) is 12.6. The van der Waals surface area contributed by atoms with Crippen LogP contribution in [0.2, 0.25) is 0 Å². The topological polar surface area (TPSA) is 94.2 Å². The lowest BCUT2D eigenvalue weighted by molar-refractivity contribution is -0.114. The molecule has 8 nitrogen and oxygen atoms in total. The predicted octanol–water partition coefficient (Wildman–Crippen LogP) is 3.90. The van der Waals surface area contributed by atoms with Crippen LogP contribution >= 0.6 is 0 Å². The lowest BCUT2D eigenvalue weighted by Crippen LogP contribution is -2.37. The molecule has 3 rings (SSSR count). The fourth-order valence-corrected chi connectivity index (χ4v) is 3.81. The molecule has 0 bridgehead atoms. The minimum atomic E-state index is -3.71.